The fourth-order valence-corrected chi connectivity index (χ4v) is 6.17. The number of esters is 1. The Morgan fingerprint density at radius 1 is 0.952 bits per heavy atom. The van der Waals surface area contributed by atoms with Gasteiger partial charge in [0.05, 0.1) is 11.2 Å². The molecule has 42 heavy (non-hydrogen) atoms. The van der Waals surface area contributed by atoms with E-state index in [1.807, 2.05) is 6.07 Å². The van der Waals surface area contributed by atoms with E-state index in [2.05, 4.69) is 15.0 Å². The summed E-state index contributed by atoms with van der Waals surface area (Å²) in [6.45, 7) is 2.03. The van der Waals surface area contributed by atoms with Crippen LogP contribution in [0.4, 0.5) is 13.6 Å². The van der Waals surface area contributed by atoms with Gasteiger partial charge in [0.15, 0.2) is 5.65 Å². The molecule has 0 spiro atoms. The number of likely N-dealkylation sites (tertiary alicyclic amines) is 1. The predicted octanol–water partition coefficient (Wildman–Crippen LogP) is 5.09. The highest BCUT2D eigenvalue weighted by molar-refractivity contribution is 5.71. The minimum Gasteiger partial charge on any atom is -0.457 e. The molecule has 218 valence electrons. The molecule has 0 unspecified atom stereocenters. The molecule has 2 aliphatic rings. The minimum absolute atomic E-state index is 0.100. The average molecular weight is 578 g/mol. The smallest absolute Gasteiger partial charge is 0.410 e. The summed E-state index contributed by atoms with van der Waals surface area (Å²) in [4.78, 5) is 51.2. The Morgan fingerprint density at radius 2 is 1.67 bits per heavy atom. The van der Waals surface area contributed by atoms with Crippen LogP contribution in [0.25, 0.3) is 11.2 Å². The molecular weight excluding hydrogens is 548 g/mol. The van der Waals surface area contributed by atoms with Crippen molar-refractivity contribution in [3.8, 4) is 0 Å². The van der Waals surface area contributed by atoms with Crippen LogP contribution in [0.3, 0.4) is 0 Å². The Balaban J connectivity index is 1.21. The molecule has 1 fully saturated rings. The first kappa shape index (κ1) is 27.6. The molecule has 4 aromatic rings. The number of aromatic amines is 1. The van der Waals surface area contributed by atoms with Crippen LogP contribution in [-0.2, 0) is 14.3 Å². The number of piperidine rings is 1. The van der Waals surface area contributed by atoms with Crippen LogP contribution in [0.15, 0.2) is 59.7 Å². The van der Waals surface area contributed by atoms with Crippen LogP contribution in [0.5, 0.6) is 0 Å². The summed E-state index contributed by atoms with van der Waals surface area (Å²) >= 11 is 0. The fourth-order valence-electron chi connectivity index (χ4n) is 6.17. The second-order valence-corrected chi connectivity index (χ2v) is 10.7. The molecule has 1 amide bonds. The monoisotopic (exact) mass is 577 g/mol. The van der Waals surface area contributed by atoms with E-state index in [1.54, 1.807) is 40.1 Å². The fraction of sp³-hybridized carbons (Fsp3) is 0.367. The van der Waals surface area contributed by atoms with Crippen molar-refractivity contribution < 1.29 is 27.8 Å². The van der Waals surface area contributed by atoms with Crippen molar-refractivity contribution in [2.45, 2.75) is 56.8 Å². The zero-order valence-corrected chi connectivity index (χ0v) is 22.8. The molecule has 1 saturated heterocycles. The highest BCUT2D eigenvalue weighted by Gasteiger charge is 2.38. The molecule has 0 radical (unpaired) electrons. The van der Waals surface area contributed by atoms with Gasteiger partial charge >= 0.3 is 17.8 Å². The number of hydrogen-bond donors (Lipinski definition) is 1. The summed E-state index contributed by atoms with van der Waals surface area (Å²) in [5.41, 5.74) is 2.30. The summed E-state index contributed by atoms with van der Waals surface area (Å²) < 4.78 is 41.7. The van der Waals surface area contributed by atoms with Gasteiger partial charge in [-0.05, 0) is 61.6 Å². The Labute approximate surface area is 239 Å². The van der Waals surface area contributed by atoms with Crippen molar-refractivity contribution in [2.75, 3.05) is 13.1 Å². The largest absolute Gasteiger partial charge is 0.457 e. The van der Waals surface area contributed by atoms with E-state index in [0.717, 1.165) is 11.6 Å². The Hall–Kier alpha value is -4.61. The standard InChI is InChI=1S/C30H29F2N5O5/c1-17(38)41-27-22(18-14-19(31)16-20(32)15-18)6-7-25(26-23(27)4-2-10-33-26)42-30(40)36-12-8-21(9-13-36)37-24-5-3-11-34-28(24)35-29(37)39/h2-5,10-11,14-16,21-22,25,27H,6-9,12-13H2,1H3,(H,34,35,39)/t22-,25+,27-/m0/s1. The number of carbonyl (C=O) groups excluding carboxylic acids is 2. The van der Waals surface area contributed by atoms with Gasteiger partial charge in [0.1, 0.15) is 23.8 Å². The lowest BCUT2D eigenvalue weighted by Gasteiger charge is -2.33. The first-order valence-electron chi connectivity index (χ1n) is 13.9. The van der Waals surface area contributed by atoms with Crippen molar-refractivity contribution in [1.82, 2.24) is 24.4 Å². The van der Waals surface area contributed by atoms with E-state index < -0.39 is 41.8 Å². The Bertz CT molecular complexity index is 1680. The molecule has 6 rings (SSSR count). The number of imidazole rings is 1. The van der Waals surface area contributed by atoms with Crippen LogP contribution in [0, 0.1) is 11.6 Å². The number of carbonyl (C=O) groups is 2. The lowest BCUT2D eigenvalue weighted by Crippen LogP contribution is -2.41. The number of aromatic nitrogens is 4. The number of hydrogen-bond acceptors (Lipinski definition) is 7. The number of nitrogens with one attached hydrogen (secondary N) is 1. The molecule has 0 bridgehead atoms. The summed E-state index contributed by atoms with van der Waals surface area (Å²) in [6.07, 6.45) is 2.73. The van der Waals surface area contributed by atoms with Gasteiger partial charge in [0, 0.05) is 56.0 Å². The quantitative estimate of drug-likeness (QED) is 0.265. The topological polar surface area (TPSA) is 119 Å². The average Bonchev–Trinajstić information content (AvgIpc) is 3.23. The van der Waals surface area contributed by atoms with Gasteiger partial charge in [-0.2, -0.15) is 0 Å². The van der Waals surface area contributed by atoms with Crippen molar-refractivity contribution in [3.05, 3.63) is 93.8 Å². The molecule has 1 N–H and O–H groups in total. The highest BCUT2D eigenvalue weighted by atomic mass is 19.1. The third-order valence-corrected chi connectivity index (χ3v) is 8.02. The third kappa shape index (κ3) is 5.36. The second-order valence-electron chi connectivity index (χ2n) is 10.7. The SMILES string of the molecule is CC(=O)O[C@@H]1c2cccnc2[C@H](OC(=O)N2CCC(n3c(=O)[nH]c4ncccc43)CC2)CC[C@H]1c1cc(F)cc(F)c1. The lowest BCUT2D eigenvalue weighted by molar-refractivity contribution is -0.148. The number of pyridine rings is 2. The first-order chi connectivity index (χ1) is 20.3. The van der Waals surface area contributed by atoms with E-state index in [0.29, 0.717) is 61.2 Å². The van der Waals surface area contributed by atoms with Gasteiger partial charge in [-0.15, -0.1) is 0 Å². The van der Waals surface area contributed by atoms with E-state index in [1.165, 1.54) is 19.1 Å². The van der Waals surface area contributed by atoms with Gasteiger partial charge in [-0.1, -0.05) is 6.07 Å². The van der Waals surface area contributed by atoms with Gasteiger partial charge < -0.3 is 14.4 Å². The van der Waals surface area contributed by atoms with Gasteiger partial charge in [-0.3, -0.25) is 19.3 Å². The maximum absolute atomic E-state index is 14.2. The number of rotatable bonds is 4. The number of H-pyrrole nitrogens is 1. The third-order valence-electron chi connectivity index (χ3n) is 8.02. The highest BCUT2D eigenvalue weighted by Crippen LogP contribution is 2.46. The number of amides is 1. The Morgan fingerprint density at radius 3 is 2.40 bits per heavy atom. The van der Waals surface area contributed by atoms with Crippen LogP contribution in [0.1, 0.15) is 73.6 Å². The molecule has 1 aliphatic carbocycles. The zero-order chi connectivity index (χ0) is 29.4. The zero-order valence-electron chi connectivity index (χ0n) is 22.8. The van der Waals surface area contributed by atoms with E-state index in [4.69, 9.17) is 9.47 Å². The molecular formula is C30H29F2N5O5. The summed E-state index contributed by atoms with van der Waals surface area (Å²) in [6, 6.07) is 10.2. The van der Waals surface area contributed by atoms with Gasteiger partial charge in [0.2, 0.25) is 0 Å². The van der Waals surface area contributed by atoms with Crippen molar-refractivity contribution >= 4 is 23.2 Å². The second kappa shape index (κ2) is 11.3. The van der Waals surface area contributed by atoms with E-state index in [9.17, 15) is 23.2 Å². The number of nitrogens with zero attached hydrogens (tertiary/aromatic N) is 4. The molecule has 3 aromatic heterocycles. The summed E-state index contributed by atoms with van der Waals surface area (Å²) in [5, 5.41) is 0. The maximum atomic E-state index is 14.2. The predicted molar refractivity (Wildman–Crippen MR) is 146 cm³/mol. The van der Waals surface area contributed by atoms with Crippen molar-refractivity contribution in [2.24, 2.45) is 0 Å². The first-order valence-corrected chi connectivity index (χ1v) is 13.9. The van der Waals surface area contributed by atoms with Crippen molar-refractivity contribution in [1.29, 1.82) is 0 Å². The number of ether oxygens (including phenoxy) is 2. The molecule has 0 saturated carbocycles. The minimum atomic E-state index is -0.879. The number of halogens is 2. The van der Waals surface area contributed by atoms with E-state index >= 15 is 0 Å². The molecule has 3 atom stereocenters. The molecule has 4 heterocycles. The molecule has 12 heteroatoms. The van der Waals surface area contributed by atoms with Gasteiger partial charge in [0.25, 0.3) is 0 Å². The summed E-state index contributed by atoms with van der Waals surface area (Å²) in [5.74, 6) is -2.62. The Kier molecular flexibility index (Phi) is 7.44. The van der Waals surface area contributed by atoms with Gasteiger partial charge in [-0.25, -0.2) is 23.4 Å². The van der Waals surface area contributed by atoms with Crippen LogP contribution >= 0.6 is 0 Å². The van der Waals surface area contributed by atoms with Crippen LogP contribution in [0.2, 0.25) is 0 Å². The summed E-state index contributed by atoms with van der Waals surface area (Å²) in [7, 11) is 0. The van der Waals surface area contributed by atoms with Crippen LogP contribution < -0.4 is 5.69 Å². The molecule has 10 nitrogen and oxygen atoms in total. The van der Waals surface area contributed by atoms with E-state index in [-0.39, 0.29) is 11.7 Å². The van der Waals surface area contributed by atoms with Crippen molar-refractivity contribution in [3.63, 3.8) is 0 Å². The maximum Gasteiger partial charge on any atom is 0.410 e. The number of fused-ring (bicyclic) bond motifs is 2. The number of benzene rings is 1. The normalized spacial score (nSPS) is 21.0. The van der Waals surface area contributed by atoms with Crippen LogP contribution in [-0.4, -0.2) is 49.6 Å². The molecule has 1 aliphatic heterocycles. The molecule has 1 aromatic carbocycles. The lowest BCUT2D eigenvalue weighted by atomic mass is 9.87.